The van der Waals surface area contributed by atoms with Gasteiger partial charge < -0.3 is 9.73 Å². The number of anilines is 1. The van der Waals surface area contributed by atoms with Crippen LogP contribution in [0.25, 0.3) is 28.2 Å². The summed E-state index contributed by atoms with van der Waals surface area (Å²) in [5.41, 5.74) is 3.94. The lowest BCUT2D eigenvalue weighted by Gasteiger charge is -2.23. The molecule has 1 aliphatic rings. The van der Waals surface area contributed by atoms with Gasteiger partial charge in [-0.25, -0.2) is 9.50 Å². The molecule has 5 rings (SSSR count). The summed E-state index contributed by atoms with van der Waals surface area (Å²) in [4.78, 5) is 4.52. The van der Waals surface area contributed by atoms with E-state index in [0.29, 0.717) is 6.04 Å². The largest absolute Gasteiger partial charge is 0.464 e. The maximum atomic E-state index is 5.54. The van der Waals surface area contributed by atoms with E-state index in [0.717, 1.165) is 34.0 Å². The van der Waals surface area contributed by atoms with Crippen LogP contribution >= 0.6 is 0 Å². The Morgan fingerprint density at radius 1 is 0.963 bits per heavy atom. The molecule has 1 aliphatic carbocycles. The van der Waals surface area contributed by atoms with E-state index in [1.54, 1.807) is 6.26 Å². The molecule has 1 aromatic carbocycles. The predicted octanol–water partition coefficient (Wildman–Crippen LogP) is 5.40. The number of hydrogen-bond donors (Lipinski definition) is 1. The average molecular weight is 358 g/mol. The lowest BCUT2D eigenvalue weighted by molar-refractivity contribution is 0.461. The summed E-state index contributed by atoms with van der Waals surface area (Å²) >= 11 is 0. The molecular weight excluding hydrogens is 336 g/mol. The maximum Gasteiger partial charge on any atom is 0.154 e. The van der Waals surface area contributed by atoms with Crippen LogP contribution in [0.2, 0.25) is 0 Å². The Kier molecular flexibility index (Phi) is 4.13. The summed E-state index contributed by atoms with van der Waals surface area (Å²) in [6.07, 6.45) is 9.98. The molecule has 0 bridgehead atoms. The summed E-state index contributed by atoms with van der Waals surface area (Å²) in [5, 5.41) is 8.42. The Labute approximate surface area is 158 Å². The molecule has 0 spiro atoms. The highest BCUT2D eigenvalue weighted by atomic mass is 16.3. The third-order valence-corrected chi connectivity index (χ3v) is 5.28. The zero-order valence-corrected chi connectivity index (χ0v) is 15.1. The molecular formula is C22H22N4O. The van der Waals surface area contributed by atoms with Crippen LogP contribution in [0.3, 0.4) is 0 Å². The van der Waals surface area contributed by atoms with Gasteiger partial charge in [-0.15, -0.1) is 5.10 Å². The van der Waals surface area contributed by atoms with Gasteiger partial charge >= 0.3 is 0 Å². The molecule has 0 aliphatic heterocycles. The van der Waals surface area contributed by atoms with Crippen molar-refractivity contribution in [2.24, 2.45) is 0 Å². The standard InChI is InChI=1S/C22H22N4O/c1-2-8-18(9-3-1)24-21-11-12-22-23-15-19(26(22)25-21)16-6-4-7-17(14-16)20-10-5-13-27-20/h4-7,10-15,18H,1-3,8-9H2,(H,24,25). The fourth-order valence-corrected chi connectivity index (χ4v) is 3.88. The number of nitrogens with one attached hydrogen (secondary N) is 1. The third-order valence-electron chi connectivity index (χ3n) is 5.28. The zero-order valence-electron chi connectivity index (χ0n) is 15.1. The Hall–Kier alpha value is -3.08. The van der Waals surface area contributed by atoms with E-state index in [4.69, 9.17) is 9.52 Å². The van der Waals surface area contributed by atoms with Crippen LogP contribution in [0, 0.1) is 0 Å². The van der Waals surface area contributed by atoms with Crippen LogP contribution < -0.4 is 5.32 Å². The molecule has 1 fully saturated rings. The van der Waals surface area contributed by atoms with Gasteiger partial charge in [0.1, 0.15) is 11.6 Å². The normalized spacial score (nSPS) is 15.3. The van der Waals surface area contributed by atoms with Crippen LogP contribution in [0.4, 0.5) is 5.82 Å². The van der Waals surface area contributed by atoms with Gasteiger partial charge in [0.15, 0.2) is 5.65 Å². The van der Waals surface area contributed by atoms with Crippen molar-refractivity contribution in [1.29, 1.82) is 0 Å². The van der Waals surface area contributed by atoms with Crippen molar-refractivity contribution in [2.75, 3.05) is 5.32 Å². The van der Waals surface area contributed by atoms with Crippen LogP contribution in [-0.4, -0.2) is 20.6 Å². The number of imidazole rings is 1. The van der Waals surface area contributed by atoms with Gasteiger partial charge in [-0.1, -0.05) is 37.5 Å². The van der Waals surface area contributed by atoms with E-state index in [1.165, 1.54) is 32.1 Å². The summed E-state index contributed by atoms with van der Waals surface area (Å²) < 4.78 is 7.46. The Balaban J connectivity index is 1.50. The van der Waals surface area contributed by atoms with Crippen LogP contribution in [-0.2, 0) is 0 Å². The fraction of sp³-hybridized carbons (Fsp3) is 0.273. The topological polar surface area (TPSA) is 55.4 Å². The molecule has 27 heavy (non-hydrogen) atoms. The summed E-state index contributed by atoms with van der Waals surface area (Å²) in [6, 6.07) is 16.7. The van der Waals surface area contributed by atoms with E-state index < -0.39 is 0 Å². The quantitative estimate of drug-likeness (QED) is 0.530. The van der Waals surface area contributed by atoms with Crippen molar-refractivity contribution in [3.63, 3.8) is 0 Å². The van der Waals surface area contributed by atoms with E-state index in [2.05, 4.69) is 28.5 Å². The molecule has 0 amide bonds. The molecule has 0 saturated heterocycles. The highest BCUT2D eigenvalue weighted by molar-refractivity contribution is 5.70. The molecule has 0 unspecified atom stereocenters. The number of benzene rings is 1. The van der Waals surface area contributed by atoms with Crippen molar-refractivity contribution < 1.29 is 4.42 Å². The summed E-state index contributed by atoms with van der Waals surface area (Å²) in [5.74, 6) is 1.77. The Morgan fingerprint density at radius 3 is 2.70 bits per heavy atom. The first-order valence-electron chi connectivity index (χ1n) is 9.62. The number of nitrogens with zero attached hydrogens (tertiary/aromatic N) is 3. The number of furan rings is 1. The second-order valence-corrected chi connectivity index (χ2v) is 7.17. The first-order chi connectivity index (χ1) is 13.4. The van der Waals surface area contributed by atoms with Crippen LogP contribution in [0.5, 0.6) is 0 Å². The van der Waals surface area contributed by atoms with Gasteiger partial charge in [0.25, 0.3) is 0 Å². The Bertz CT molecular complexity index is 1050. The molecule has 3 aromatic heterocycles. The first-order valence-corrected chi connectivity index (χ1v) is 9.62. The van der Waals surface area contributed by atoms with Crippen molar-refractivity contribution in [2.45, 2.75) is 38.1 Å². The van der Waals surface area contributed by atoms with E-state index in [1.807, 2.05) is 41.0 Å². The van der Waals surface area contributed by atoms with Crippen molar-refractivity contribution in [3.8, 4) is 22.6 Å². The van der Waals surface area contributed by atoms with Crippen molar-refractivity contribution in [1.82, 2.24) is 14.6 Å². The predicted molar refractivity (Wildman–Crippen MR) is 107 cm³/mol. The van der Waals surface area contributed by atoms with Gasteiger partial charge in [0, 0.05) is 17.2 Å². The highest BCUT2D eigenvalue weighted by Gasteiger charge is 2.15. The molecule has 136 valence electrons. The number of hydrogen-bond acceptors (Lipinski definition) is 4. The summed E-state index contributed by atoms with van der Waals surface area (Å²) in [6.45, 7) is 0. The minimum absolute atomic E-state index is 0.526. The second-order valence-electron chi connectivity index (χ2n) is 7.17. The van der Waals surface area contributed by atoms with Crippen molar-refractivity contribution in [3.05, 3.63) is 61.0 Å². The van der Waals surface area contributed by atoms with E-state index in [9.17, 15) is 0 Å². The van der Waals surface area contributed by atoms with E-state index >= 15 is 0 Å². The molecule has 5 heteroatoms. The maximum absolute atomic E-state index is 5.54. The molecule has 1 N–H and O–H groups in total. The average Bonchev–Trinajstić information content (AvgIpc) is 3.39. The minimum atomic E-state index is 0.526. The SMILES string of the molecule is c1cc(-c2ccco2)cc(-c2cnc3ccc(NC4CCCCC4)nn23)c1. The summed E-state index contributed by atoms with van der Waals surface area (Å²) in [7, 11) is 0. The molecule has 3 heterocycles. The minimum Gasteiger partial charge on any atom is -0.464 e. The lowest BCUT2D eigenvalue weighted by Crippen LogP contribution is -2.23. The van der Waals surface area contributed by atoms with Crippen LogP contribution in [0.15, 0.2) is 65.4 Å². The number of aromatic nitrogens is 3. The van der Waals surface area contributed by atoms with Gasteiger partial charge in [0.05, 0.1) is 18.2 Å². The van der Waals surface area contributed by atoms with Gasteiger partial charge in [0.2, 0.25) is 0 Å². The zero-order chi connectivity index (χ0) is 18.1. The number of rotatable bonds is 4. The molecule has 4 aromatic rings. The van der Waals surface area contributed by atoms with Gasteiger partial charge in [-0.2, -0.15) is 0 Å². The van der Waals surface area contributed by atoms with Gasteiger partial charge in [-0.3, -0.25) is 0 Å². The first kappa shape index (κ1) is 16.1. The smallest absolute Gasteiger partial charge is 0.154 e. The number of fused-ring (bicyclic) bond motifs is 1. The van der Waals surface area contributed by atoms with E-state index in [-0.39, 0.29) is 0 Å². The molecule has 0 atom stereocenters. The second kappa shape index (κ2) is 6.91. The molecule has 5 nitrogen and oxygen atoms in total. The Morgan fingerprint density at radius 2 is 1.85 bits per heavy atom. The molecule has 1 saturated carbocycles. The van der Waals surface area contributed by atoms with Gasteiger partial charge in [-0.05, 0) is 43.2 Å². The molecule has 0 radical (unpaired) electrons. The van der Waals surface area contributed by atoms with Crippen molar-refractivity contribution >= 4 is 11.5 Å². The highest BCUT2D eigenvalue weighted by Crippen LogP contribution is 2.27. The third kappa shape index (κ3) is 3.21. The van der Waals surface area contributed by atoms with Crippen LogP contribution in [0.1, 0.15) is 32.1 Å². The lowest BCUT2D eigenvalue weighted by atomic mass is 9.95. The monoisotopic (exact) mass is 358 g/mol. The fourth-order valence-electron chi connectivity index (χ4n) is 3.88.